The predicted molar refractivity (Wildman–Crippen MR) is 80.0 cm³/mol. The van der Waals surface area contributed by atoms with Gasteiger partial charge in [0.25, 0.3) is 0 Å². The van der Waals surface area contributed by atoms with Crippen molar-refractivity contribution >= 4 is 17.2 Å². The Kier molecular flexibility index (Phi) is 3.93. The Labute approximate surface area is 122 Å². The Hall–Kier alpha value is -1.53. The Balaban J connectivity index is 2.03. The fourth-order valence-corrected chi connectivity index (χ4v) is 2.90. The lowest BCUT2D eigenvalue weighted by atomic mass is 10.1. The Morgan fingerprint density at radius 2 is 2.25 bits per heavy atom. The second-order valence-electron chi connectivity index (χ2n) is 4.84. The summed E-state index contributed by atoms with van der Waals surface area (Å²) in [4.78, 5) is 13.8. The summed E-state index contributed by atoms with van der Waals surface area (Å²) in [6, 6.07) is 0. The summed E-state index contributed by atoms with van der Waals surface area (Å²) < 4.78 is 5.53. The molecule has 0 aromatic carbocycles. The van der Waals surface area contributed by atoms with Crippen LogP contribution in [0.2, 0.25) is 0 Å². The molecular weight excluding hydrogens is 272 g/mol. The number of nitrogens with zero attached hydrogens (tertiary/aromatic N) is 3. The molecule has 3 heterocycles. The van der Waals surface area contributed by atoms with E-state index in [9.17, 15) is 0 Å². The van der Waals surface area contributed by atoms with Gasteiger partial charge in [0.05, 0.1) is 18.9 Å². The number of fused-ring (bicyclic) bond motifs is 1. The molecule has 106 valence electrons. The number of aryl methyl sites for hydroxylation is 1. The highest BCUT2D eigenvalue weighted by atomic mass is 32.1. The molecule has 5 nitrogen and oxygen atoms in total. The minimum absolute atomic E-state index is 0.596. The standard InChI is InChI=1S/C14H18N4OS/c1-3-5-15-12-10-7-19-6-4-11(10)17-13(18-12)14-16-9(2)8-20-14/h8H,3-7H2,1-2H3,(H,15,17,18). The highest BCUT2D eigenvalue weighted by Gasteiger charge is 2.19. The van der Waals surface area contributed by atoms with Gasteiger partial charge in [-0.15, -0.1) is 11.3 Å². The van der Waals surface area contributed by atoms with E-state index in [1.54, 1.807) is 11.3 Å². The van der Waals surface area contributed by atoms with E-state index < -0.39 is 0 Å². The SMILES string of the molecule is CCCNc1nc(-c2nc(C)cs2)nc2c1COCC2. The number of thiazole rings is 1. The highest BCUT2D eigenvalue weighted by Crippen LogP contribution is 2.27. The van der Waals surface area contributed by atoms with Crippen LogP contribution in [0, 0.1) is 6.92 Å². The average Bonchev–Trinajstić information content (AvgIpc) is 2.91. The molecule has 1 N–H and O–H groups in total. The highest BCUT2D eigenvalue weighted by molar-refractivity contribution is 7.13. The van der Waals surface area contributed by atoms with Crippen LogP contribution in [-0.4, -0.2) is 28.1 Å². The summed E-state index contributed by atoms with van der Waals surface area (Å²) in [5, 5.41) is 6.30. The molecule has 20 heavy (non-hydrogen) atoms. The zero-order valence-electron chi connectivity index (χ0n) is 11.8. The third-order valence-electron chi connectivity index (χ3n) is 3.18. The maximum absolute atomic E-state index is 5.53. The smallest absolute Gasteiger partial charge is 0.190 e. The third-order valence-corrected chi connectivity index (χ3v) is 4.13. The van der Waals surface area contributed by atoms with Crippen LogP contribution in [0.15, 0.2) is 5.38 Å². The maximum atomic E-state index is 5.53. The van der Waals surface area contributed by atoms with E-state index in [-0.39, 0.29) is 0 Å². The molecule has 0 radical (unpaired) electrons. The fraction of sp³-hybridized carbons (Fsp3) is 0.500. The predicted octanol–water partition coefficient (Wildman–Crippen LogP) is 2.80. The van der Waals surface area contributed by atoms with E-state index in [2.05, 4.69) is 27.2 Å². The zero-order valence-corrected chi connectivity index (χ0v) is 12.6. The number of rotatable bonds is 4. The Morgan fingerprint density at radius 3 is 3.00 bits per heavy atom. The summed E-state index contributed by atoms with van der Waals surface area (Å²) in [5.41, 5.74) is 3.20. The van der Waals surface area contributed by atoms with Crippen LogP contribution >= 0.6 is 11.3 Å². The van der Waals surface area contributed by atoms with Crippen LogP contribution in [0.4, 0.5) is 5.82 Å². The van der Waals surface area contributed by atoms with E-state index in [0.29, 0.717) is 6.61 Å². The Bertz CT molecular complexity index is 611. The van der Waals surface area contributed by atoms with Gasteiger partial charge in [0.2, 0.25) is 0 Å². The summed E-state index contributed by atoms with van der Waals surface area (Å²) in [5.74, 6) is 1.63. The first kappa shape index (κ1) is 13.5. The molecule has 1 aliphatic rings. The number of ether oxygens (including phenoxy) is 1. The van der Waals surface area contributed by atoms with Crippen molar-refractivity contribution < 1.29 is 4.74 Å². The van der Waals surface area contributed by atoms with Gasteiger partial charge in [-0.1, -0.05) is 6.92 Å². The summed E-state index contributed by atoms with van der Waals surface area (Å²) in [6.45, 7) is 6.36. The first-order chi connectivity index (χ1) is 9.78. The lowest BCUT2D eigenvalue weighted by Crippen LogP contribution is -2.17. The molecule has 2 aromatic rings. The topological polar surface area (TPSA) is 59.9 Å². The average molecular weight is 290 g/mol. The van der Waals surface area contributed by atoms with Crippen molar-refractivity contribution in [3.8, 4) is 10.8 Å². The fourth-order valence-electron chi connectivity index (χ4n) is 2.17. The molecular formula is C14H18N4OS. The molecule has 2 aromatic heterocycles. The number of hydrogen-bond acceptors (Lipinski definition) is 6. The van der Waals surface area contributed by atoms with Crippen LogP contribution in [0.1, 0.15) is 30.3 Å². The summed E-state index contributed by atoms with van der Waals surface area (Å²) in [6.07, 6.45) is 1.90. The van der Waals surface area contributed by atoms with E-state index in [0.717, 1.165) is 59.6 Å². The van der Waals surface area contributed by atoms with Gasteiger partial charge >= 0.3 is 0 Å². The minimum Gasteiger partial charge on any atom is -0.376 e. The van der Waals surface area contributed by atoms with Gasteiger partial charge in [0.1, 0.15) is 5.82 Å². The van der Waals surface area contributed by atoms with Crippen molar-refractivity contribution in [1.29, 1.82) is 0 Å². The molecule has 0 spiro atoms. The maximum Gasteiger partial charge on any atom is 0.190 e. The normalized spacial score (nSPS) is 14.1. The van der Waals surface area contributed by atoms with Gasteiger partial charge in [-0.3, -0.25) is 0 Å². The lowest BCUT2D eigenvalue weighted by Gasteiger charge is -2.19. The van der Waals surface area contributed by atoms with Crippen molar-refractivity contribution in [1.82, 2.24) is 15.0 Å². The molecule has 0 amide bonds. The van der Waals surface area contributed by atoms with Crippen LogP contribution in [0.5, 0.6) is 0 Å². The molecule has 0 aliphatic carbocycles. The largest absolute Gasteiger partial charge is 0.376 e. The number of nitrogens with one attached hydrogen (secondary N) is 1. The van der Waals surface area contributed by atoms with Gasteiger partial charge in [-0.2, -0.15) is 0 Å². The van der Waals surface area contributed by atoms with Gasteiger partial charge in [-0.05, 0) is 13.3 Å². The van der Waals surface area contributed by atoms with Gasteiger partial charge in [0.15, 0.2) is 10.8 Å². The van der Waals surface area contributed by atoms with Crippen molar-refractivity contribution in [2.24, 2.45) is 0 Å². The van der Waals surface area contributed by atoms with Crippen molar-refractivity contribution in [3.63, 3.8) is 0 Å². The molecule has 1 aliphatic heterocycles. The van der Waals surface area contributed by atoms with E-state index in [4.69, 9.17) is 4.74 Å². The van der Waals surface area contributed by atoms with Gasteiger partial charge in [0, 0.05) is 29.6 Å². The van der Waals surface area contributed by atoms with E-state index >= 15 is 0 Å². The quantitative estimate of drug-likeness (QED) is 0.938. The number of anilines is 1. The number of aromatic nitrogens is 3. The monoisotopic (exact) mass is 290 g/mol. The van der Waals surface area contributed by atoms with Crippen molar-refractivity contribution in [2.75, 3.05) is 18.5 Å². The van der Waals surface area contributed by atoms with E-state index in [1.165, 1.54) is 0 Å². The minimum atomic E-state index is 0.596. The van der Waals surface area contributed by atoms with Crippen LogP contribution in [-0.2, 0) is 17.8 Å². The van der Waals surface area contributed by atoms with Crippen LogP contribution in [0.25, 0.3) is 10.8 Å². The summed E-state index contributed by atoms with van der Waals surface area (Å²) in [7, 11) is 0. The van der Waals surface area contributed by atoms with E-state index in [1.807, 2.05) is 12.3 Å². The van der Waals surface area contributed by atoms with Gasteiger partial charge in [-0.25, -0.2) is 15.0 Å². The number of hydrogen-bond donors (Lipinski definition) is 1. The van der Waals surface area contributed by atoms with Crippen LogP contribution < -0.4 is 5.32 Å². The second-order valence-corrected chi connectivity index (χ2v) is 5.70. The summed E-state index contributed by atoms with van der Waals surface area (Å²) >= 11 is 1.59. The first-order valence-corrected chi connectivity index (χ1v) is 7.79. The molecule has 0 atom stereocenters. The Morgan fingerprint density at radius 1 is 1.35 bits per heavy atom. The molecule has 0 unspecified atom stereocenters. The van der Waals surface area contributed by atoms with Gasteiger partial charge < -0.3 is 10.1 Å². The molecule has 0 saturated carbocycles. The van der Waals surface area contributed by atoms with Crippen molar-refractivity contribution in [2.45, 2.75) is 33.3 Å². The lowest BCUT2D eigenvalue weighted by molar-refractivity contribution is 0.109. The molecule has 6 heteroatoms. The van der Waals surface area contributed by atoms with Crippen molar-refractivity contribution in [3.05, 3.63) is 22.3 Å². The first-order valence-electron chi connectivity index (χ1n) is 6.92. The molecule has 0 fully saturated rings. The third kappa shape index (κ3) is 2.66. The molecule has 0 saturated heterocycles. The van der Waals surface area contributed by atoms with Crippen LogP contribution in [0.3, 0.4) is 0 Å². The molecule has 3 rings (SSSR count). The zero-order chi connectivity index (χ0) is 13.9. The second kappa shape index (κ2) is 5.85. The molecule has 0 bridgehead atoms.